The molecule has 0 fully saturated rings. The van der Waals surface area contributed by atoms with Gasteiger partial charge in [-0.2, -0.15) is 0 Å². The molecule has 1 aliphatic heterocycles. The van der Waals surface area contributed by atoms with Crippen LogP contribution < -0.4 is 16.1 Å². The highest BCUT2D eigenvalue weighted by Crippen LogP contribution is 2.38. The molecule has 0 unspecified atom stereocenters. The molecule has 43 heavy (non-hydrogen) atoms. The summed E-state index contributed by atoms with van der Waals surface area (Å²) in [5, 5.41) is 3.84. The Bertz CT molecular complexity index is 1930. The first-order valence-corrected chi connectivity index (χ1v) is 14.0. The largest absolute Gasteiger partial charge is 0.484 e. The molecule has 8 nitrogen and oxygen atoms in total. The molecular weight excluding hydrogens is 571 g/mol. The van der Waals surface area contributed by atoms with E-state index in [1.165, 1.54) is 10.6 Å². The van der Waals surface area contributed by atoms with Crippen molar-refractivity contribution in [3.05, 3.63) is 116 Å². The summed E-state index contributed by atoms with van der Waals surface area (Å²) in [5.41, 5.74) is 5.31. The van der Waals surface area contributed by atoms with Gasteiger partial charge in [0.1, 0.15) is 11.4 Å². The maximum Gasteiger partial charge on any atom is 0.439 e. The second kappa shape index (κ2) is 11.6. The highest BCUT2D eigenvalue weighted by molar-refractivity contribution is 5.85. The lowest BCUT2D eigenvalue weighted by Crippen LogP contribution is -2.28. The third-order valence-corrected chi connectivity index (χ3v) is 7.54. The van der Waals surface area contributed by atoms with Gasteiger partial charge in [-0.1, -0.05) is 67.0 Å². The quantitative estimate of drug-likeness (QED) is 0.232. The van der Waals surface area contributed by atoms with Crippen molar-refractivity contribution >= 4 is 12.4 Å². The number of benzene rings is 3. The van der Waals surface area contributed by atoms with E-state index in [-0.39, 0.29) is 23.7 Å². The second-order valence-corrected chi connectivity index (χ2v) is 11.3. The number of hydrogen-bond donors (Lipinski definition) is 1. The van der Waals surface area contributed by atoms with Gasteiger partial charge >= 0.3 is 5.76 Å². The summed E-state index contributed by atoms with van der Waals surface area (Å²) in [4.78, 5) is 33.0. The number of rotatable bonds is 7. The van der Waals surface area contributed by atoms with E-state index in [1.807, 2.05) is 68.4 Å². The van der Waals surface area contributed by atoms with Gasteiger partial charge in [-0.3, -0.25) is 18.9 Å². The number of aryl methyl sites for hydroxylation is 2. The Kier molecular flexibility index (Phi) is 8.12. The normalized spacial score (nSPS) is 13.3. The first kappa shape index (κ1) is 30.0. The van der Waals surface area contributed by atoms with E-state index >= 15 is 4.39 Å². The molecule has 3 aromatic carbocycles. The van der Waals surface area contributed by atoms with Crippen molar-refractivity contribution in [2.24, 2.45) is 0 Å². The lowest BCUT2D eigenvalue weighted by atomic mass is 9.96. The molecule has 0 radical (unpaired) electrons. The predicted molar refractivity (Wildman–Crippen MR) is 165 cm³/mol. The van der Waals surface area contributed by atoms with E-state index in [2.05, 4.69) is 17.1 Å². The Morgan fingerprint density at radius 3 is 2.44 bits per heavy atom. The van der Waals surface area contributed by atoms with Gasteiger partial charge in [0.15, 0.2) is 17.4 Å². The fraction of sp³-hybridized carbons (Fsp3) is 0.273. The average molecular weight is 603 g/mol. The summed E-state index contributed by atoms with van der Waals surface area (Å²) in [7, 11) is 0. The van der Waals surface area contributed by atoms with Gasteiger partial charge < -0.3 is 4.74 Å². The van der Waals surface area contributed by atoms with Gasteiger partial charge in [0, 0.05) is 35.6 Å². The molecule has 0 aliphatic carbocycles. The topological polar surface area (TPSA) is 103 Å². The highest BCUT2D eigenvalue weighted by atomic mass is 35.5. The van der Waals surface area contributed by atoms with Crippen molar-refractivity contribution in [1.29, 1.82) is 0 Å². The third kappa shape index (κ3) is 5.77. The van der Waals surface area contributed by atoms with Gasteiger partial charge in [0.25, 0.3) is 5.56 Å². The summed E-state index contributed by atoms with van der Waals surface area (Å²) >= 11 is 0. The van der Waals surface area contributed by atoms with E-state index in [0.29, 0.717) is 42.2 Å². The first-order chi connectivity index (χ1) is 20.1. The zero-order valence-electron chi connectivity index (χ0n) is 24.4. The van der Waals surface area contributed by atoms with Crippen LogP contribution in [0.4, 0.5) is 4.39 Å². The van der Waals surface area contributed by atoms with Crippen molar-refractivity contribution in [3.63, 3.8) is 0 Å². The zero-order valence-corrected chi connectivity index (χ0v) is 25.2. The maximum atomic E-state index is 15.1. The lowest BCUT2D eigenvalue weighted by Gasteiger charge is -2.17. The summed E-state index contributed by atoms with van der Waals surface area (Å²) < 4.78 is 27.1. The fourth-order valence-electron chi connectivity index (χ4n) is 5.72. The number of aromatic amines is 1. The Labute approximate surface area is 254 Å². The van der Waals surface area contributed by atoms with Gasteiger partial charge in [-0.15, -0.1) is 12.4 Å². The molecule has 2 aromatic heterocycles. The van der Waals surface area contributed by atoms with Gasteiger partial charge in [-0.25, -0.2) is 14.2 Å². The molecule has 5 aromatic rings. The van der Waals surface area contributed by atoms with Crippen LogP contribution in [0.25, 0.3) is 28.2 Å². The van der Waals surface area contributed by atoms with Crippen LogP contribution in [0, 0.1) is 12.7 Å². The van der Waals surface area contributed by atoms with Crippen LogP contribution in [0.15, 0.2) is 74.8 Å². The van der Waals surface area contributed by atoms with Crippen LogP contribution in [-0.2, 0) is 19.3 Å². The molecule has 0 spiro atoms. The highest BCUT2D eigenvalue weighted by Gasteiger charge is 2.33. The van der Waals surface area contributed by atoms with E-state index in [9.17, 15) is 9.59 Å². The summed E-state index contributed by atoms with van der Waals surface area (Å²) in [6, 6.07) is 18.7. The molecule has 222 valence electrons. The van der Waals surface area contributed by atoms with Crippen molar-refractivity contribution in [3.8, 4) is 34.0 Å². The number of H-pyrrole nitrogens is 1. The summed E-state index contributed by atoms with van der Waals surface area (Å²) in [5.74, 6) is 0.0250. The monoisotopic (exact) mass is 602 g/mol. The van der Waals surface area contributed by atoms with E-state index in [1.54, 1.807) is 6.92 Å². The Morgan fingerprint density at radius 1 is 1.05 bits per heavy atom. The van der Waals surface area contributed by atoms with Gasteiger partial charge in [0.2, 0.25) is 0 Å². The SMILES string of the molecule is CCCc1nc(C)n(-c2cc(F)c3c(c2)CC(C)(C)O3)c(=O)c1Cc1ccc(-c2ccccc2-c2noc(=O)[nH]2)cc1.Cl. The standard InChI is InChI=1S/C33H31FN4O4.ClH/c1-5-8-28-26(31(39)38(19(2)35-28)23-16-22-18-33(3,4)41-29(22)27(34)17-23)15-20-11-13-21(14-12-20)24-9-6-7-10-25(24)30-36-32(40)42-37-30;/h6-7,9-14,16-17H,5,8,15,18H2,1-4H3,(H,36,37,40);1H. The van der Waals surface area contributed by atoms with Crippen LogP contribution >= 0.6 is 12.4 Å². The predicted octanol–water partition coefficient (Wildman–Crippen LogP) is 6.37. The molecule has 1 N–H and O–H groups in total. The molecule has 10 heteroatoms. The minimum absolute atomic E-state index is 0. The minimum Gasteiger partial charge on any atom is -0.484 e. The van der Waals surface area contributed by atoms with Gasteiger partial charge in [0.05, 0.1) is 11.4 Å². The molecule has 0 amide bonds. The molecule has 0 atom stereocenters. The summed E-state index contributed by atoms with van der Waals surface area (Å²) in [6.45, 7) is 7.67. The number of hydrogen-bond acceptors (Lipinski definition) is 6. The van der Waals surface area contributed by atoms with Crippen molar-refractivity contribution in [2.75, 3.05) is 0 Å². The third-order valence-electron chi connectivity index (χ3n) is 7.54. The number of fused-ring (bicyclic) bond motifs is 1. The Balaban J connectivity index is 0.00000368. The van der Waals surface area contributed by atoms with Crippen molar-refractivity contribution in [2.45, 2.75) is 59.0 Å². The molecule has 6 rings (SSSR count). The zero-order chi connectivity index (χ0) is 29.6. The molecule has 3 heterocycles. The molecule has 1 aliphatic rings. The average Bonchev–Trinajstić information content (AvgIpc) is 3.53. The van der Waals surface area contributed by atoms with Crippen LogP contribution in [0.1, 0.15) is 55.4 Å². The second-order valence-electron chi connectivity index (χ2n) is 11.3. The Morgan fingerprint density at radius 2 is 1.77 bits per heavy atom. The summed E-state index contributed by atoms with van der Waals surface area (Å²) in [6.07, 6.45) is 2.43. The van der Waals surface area contributed by atoms with Gasteiger partial charge in [-0.05, 0) is 49.9 Å². The number of ether oxygens (including phenoxy) is 1. The number of nitrogens with one attached hydrogen (secondary N) is 1. The van der Waals surface area contributed by atoms with Crippen molar-refractivity contribution < 1.29 is 13.7 Å². The molecule has 0 saturated carbocycles. The molecule has 0 bridgehead atoms. The first-order valence-electron chi connectivity index (χ1n) is 14.0. The number of halogens is 2. The minimum atomic E-state index is -0.616. The maximum absolute atomic E-state index is 15.1. The molecular formula is C33H32ClFN4O4. The van der Waals surface area contributed by atoms with E-state index < -0.39 is 17.2 Å². The number of aromatic nitrogens is 4. The van der Waals surface area contributed by atoms with Crippen LogP contribution in [0.3, 0.4) is 0 Å². The Hall–Kier alpha value is -4.50. The lowest BCUT2D eigenvalue weighted by molar-refractivity contribution is 0.133. The van der Waals surface area contributed by atoms with Crippen LogP contribution in [0.5, 0.6) is 5.75 Å². The smallest absolute Gasteiger partial charge is 0.439 e. The van der Waals surface area contributed by atoms with Crippen LogP contribution in [-0.4, -0.2) is 25.3 Å². The van der Waals surface area contributed by atoms with E-state index in [0.717, 1.165) is 39.9 Å². The number of nitrogens with zero attached hydrogens (tertiary/aromatic N) is 3. The fourth-order valence-corrected chi connectivity index (χ4v) is 5.72. The van der Waals surface area contributed by atoms with E-state index in [4.69, 9.17) is 14.2 Å². The van der Waals surface area contributed by atoms with Crippen LogP contribution in [0.2, 0.25) is 0 Å². The van der Waals surface area contributed by atoms with Crippen molar-refractivity contribution in [1.82, 2.24) is 19.7 Å². The molecule has 0 saturated heterocycles.